The lowest BCUT2D eigenvalue weighted by Gasteiger charge is -2.20. The van der Waals surface area contributed by atoms with E-state index < -0.39 is 10.0 Å². The minimum Gasteiger partial charge on any atom is -0.495 e. The van der Waals surface area contributed by atoms with E-state index in [4.69, 9.17) is 4.74 Å². The van der Waals surface area contributed by atoms with Crippen molar-refractivity contribution in [1.29, 1.82) is 0 Å². The fourth-order valence-corrected chi connectivity index (χ4v) is 4.51. The Bertz CT molecular complexity index is 1220. The van der Waals surface area contributed by atoms with Gasteiger partial charge in [-0.2, -0.15) is 0 Å². The van der Waals surface area contributed by atoms with Crippen LogP contribution in [0.3, 0.4) is 0 Å². The smallest absolute Gasteiger partial charge is 0.265 e. The monoisotopic (exact) mass is 452 g/mol. The van der Waals surface area contributed by atoms with E-state index in [0.717, 1.165) is 16.8 Å². The SMILES string of the molecule is COc1ccc(C(=O)N(C)c2cccc(C(C)C)c2)cc1S(=O)(=O)Nc1ccc(C)cc1. The van der Waals surface area contributed by atoms with Crippen LogP contribution < -0.4 is 14.4 Å². The lowest BCUT2D eigenvalue weighted by atomic mass is 10.0. The van der Waals surface area contributed by atoms with Crippen molar-refractivity contribution in [2.45, 2.75) is 31.6 Å². The van der Waals surface area contributed by atoms with E-state index >= 15 is 0 Å². The summed E-state index contributed by atoms with van der Waals surface area (Å²) in [6.07, 6.45) is 0. The number of hydrogen-bond donors (Lipinski definition) is 1. The third-order valence-corrected chi connectivity index (χ3v) is 6.64. The Morgan fingerprint density at radius 3 is 2.31 bits per heavy atom. The standard InChI is InChI=1S/C25H28N2O4S/c1-17(2)19-7-6-8-22(15-19)27(4)25(28)20-11-14-23(31-5)24(16-20)32(29,30)26-21-12-9-18(3)10-13-21/h6-17,26H,1-5H3. The van der Waals surface area contributed by atoms with Crippen LogP contribution in [0.25, 0.3) is 0 Å². The van der Waals surface area contributed by atoms with Gasteiger partial charge in [-0.3, -0.25) is 9.52 Å². The second-order valence-electron chi connectivity index (χ2n) is 7.95. The van der Waals surface area contributed by atoms with Crippen molar-refractivity contribution in [2.24, 2.45) is 0 Å². The topological polar surface area (TPSA) is 75.7 Å². The first kappa shape index (κ1) is 23.3. The number of aryl methyl sites for hydroxylation is 1. The highest BCUT2D eigenvalue weighted by atomic mass is 32.2. The van der Waals surface area contributed by atoms with E-state index in [1.165, 1.54) is 24.1 Å². The zero-order valence-electron chi connectivity index (χ0n) is 18.9. The van der Waals surface area contributed by atoms with Crippen LogP contribution in [0.2, 0.25) is 0 Å². The summed E-state index contributed by atoms with van der Waals surface area (Å²) in [6, 6.07) is 19.1. The number of carbonyl (C=O) groups is 1. The second-order valence-corrected chi connectivity index (χ2v) is 9.60. The highest BCUT2D eigenvalue weighted by Gasteiger charge is 2.23. The van der Waals surface area contributed by atoms with Gasteiger partial charge < -0.3 is 9.64 Å². The van der Waals surface area contributed by atoms with Gasteiger partial charge >= 0.3 is 0 Å². The van der Waals surface area contributed by atoms with Crippen LogP contribution in [0.4, 0.5) is 11.4 Å². The number of rotatable bonds is 7. The second kappa shape index (κ2) is 9.44. The van der Waals surface area contributed by atoms with Crippen LogP contribution in [-0.2, 0) is 10.0 Å². The van der Waals surface area contributed by atoms with Crippen LogP contribution in [0.15, 0.2) is 71.6 Å². The van der Waals surface area contributed by atoms with Gasteiger partial charge in [0.25, 0.3) is 15.9 Å². The molecule has 168 valence electrons. The van der Waals surface area contributed by atoms with Crippen LogP contribution in [0.5, 0.6) is 5.75 Å². The van der Waals surface area contributed by atoms with E-state index in [2.05, 4.69) is 18.6 Å². The molecule has 0 fully saturated rings. The van der Waals surface area contributed by atoms with E-state index in [1.54, 1.807) is 25.2 Å². The quantitative estimate of drug-likeness (QED) is 0.534. The van der Waals surface area contributed by atoms with Crippen molar-refractivity contribution in [3.05, 3.63) is 83.4 Å². The van der Waals surface area contributed by atoms with Crippen LogP contribution >= 0.6 is 0 Å². The van der Waals surface area contributed by atoms with Gasteiger partial charge in [0.1, 0.15) is 10.6 Å². The summed E-state index contributed by atoms with van der Waals surface area (Å²) in [5.41, 5.74) is 3.54. The third kappa shape index (κ3) is 5.11. The van der Waals surface area contributed by atoms with Gasteiger partial charge in [0.15, 0.2) is 0 Å². The van der Waals surface area contributed by atoms with Gasteiger partial charge in [-0.1, -0.05) is 43.7 Å². The number of benzene rings is 3. The largest absolute Gasteiger partial charge is 0.495 e. The average Bonchev–Trinajstić information content (AvgIpc) is 2.79. The molecule has 0 aliphatic carbocycles. The summed E-state index contributed by atoms with van der Waals surface area (Å²) in [5, 5.41) is 0. The fraction of sp³-hybridized carbons (Fsp3) is 0.240. The lowest BCUT2D eigenvalue weighted by molar-refractivity contribution is 0.0992. The Balaban J connectivity index is 1.95. The maximum atomic E-state index is 13.2. The highest BCUT2D eigenvalue weighted by molar-refractivity contribution is 7.92. The molecule has 1 amide bonds. The summed E-state index contributed by atoms with van der Waals surface area (Å²) in [5.74, 6) is 0.162. The molecule has 0 saturated heterocycles. The molecule has 3 aromatic carbocycles. The molecule has 0 bridgehead atoms. The number of amides is 1. The number of hydrogen-bond acceptors (Lipinski definition) is 4. The number of nitrogens with one attached hydrogen (secondary N) is 1. The van der Waals surface area contributed by atoms with Crippen molar-refractivity contribution >= 4 is 27.3 Å². The molecule has 0 atom stereocenters. The first-order valence-corrected chi connectivity index (χ1v) is 11.8. The maximum absolute atomic E-state index is 13.2. The van der Waals surface area contributed by atoms with E-state index in [-0.39, 0.29) is 22.1 Å². The average molecular weight is 453 g/mol. The summed E-state index contributed by atoms with van der Waals surface area (Å²) in [6.45, 7) is 6.09. The van der Waals surface area contributed by atoms with Crippen molar-refractivity contribution in [3.63, 3.8) is 0 Å². The minimum atomic E-state index is -3.98. The van der Waals surface area contributed by atoms with Gasteiger partial charge in [0.05, 0.1) is 7.11 Å². The number of carbonyl (C=O) groups excluding carboxylic acids is 1. The summed E-state index contributed by atoms with van der Waals surface area (Å²) >= 11 is 0. The molecule has 0 radical (unpaired) electrons. The van der Waals surface area contributed by atoms with Crippen molar-refractivity contribution < 1.29 is 17.9 Å². The molecular weight excluding hydrogens is 424 g/mol. The molecule has 7 heteroatoms. The Labute approximate surface area is 189 Å². The summed E-state index contributed by atoms with van der Waals surface area (Å²) in [7, 11) is -0.914. The predicted molar refractivity (Wildman–Crippen MR) is 128 cm³/mol. The van der Waals surface area contributed by atoms with Crippen molar-refractivity contribution in [3.8, 4) is 5.75 Å². The van der Waals surface area contributed by atoms with Crippen molar-refractivity contribution in [2.75, 3.05) is 23.8 Å². The molecule has 3 aromatic rings. The van der Waals surface area contributed by atoms with E-state index in [1.807, 2.05) is 43.3 Å². The Morgan fingerprint density at radius 2 is 1.69 bits per heavy atom. The number of nitrogens with zero attached hydrogens (tertiary/aromatic N) is 1. The number of ether oxygens (including phenoxy) is 1. The normalized spacial score (nSPS) is 11.3. The Morgan fingerprint density at radius 1 is 1.00 bits per heavy atom. The molecule has 0 saturated carbocycles. The summed E-state index contributed by atoms with van der Waals surface area (Å²) < 4.78 is 34.0. The zero-order chi connectivity index (χ0) is 23.5. The maximum Gasteiger partial charge on any atom is 0.265 e. The minimum absolute atomic E-state index is 0.101. The highest BCUT2D eigenvalue weighted by Crippen LogP contribution is 2.29. The molecule has 0 aliphatic rings. The molecule has 6 nitrogen and oxygen atoms in total. The summed E-state index contributed by atoms with van der Waals surface area (Å²) in [4.78, 5) is 14.6. The number of anilines is 2. The fourth-order valence-electron chi connectivity index (χ4n) is 3.25. The van der Waals surface area contributed by atoms with Crippen LogP contribution in [0.1, 0.15) is 41.3 Å². The first-order valence-electron chi connectivity index (χ1n) is 10.3. The van der Waals surface area contributed by atoms with Gasteiger partial charge in [-0.15, -0.1) is 0 Å². The Kier molecular flexibility index (Phi) is 6.89. The Hall–Kier alpha value is -3.32. The molecule has 0 spiro atoms. The molecule has 3 rings (SSSR count). The van der Waals surface area contributed by atoms with Crippen molar-refractivity contribution in [1.82, 2.24) is 0 Å². The zero-order valence-corrected chi connectivity index (χ0v) is 19.7. The van der Waals surface area contributed by atoms with E-state index in [0.29, 0.717) is 11.6 Å². The van der Waals surface area contributed by atoms with E-state index in [9.17, 15) is 13.2 Å². The number of methoxy groups -OCH3 is 1. The van der Waals surface area contributed by atoms with Gasteiger partial charge in [-0.05, 0) is 60.9 Å². The molecule has 32 heavy (non-hydrogen) atoms. The molecule has 1 N–H and O–H groups in total. The predicted octanol–water partition coefficient (Wildman–Crippen LogP) is 5.20. The molecule has 0 aliphatic heterocycles. The molecule has 0 unspecified atom stereocenters. The molecule has 0 heterocycles. The van der Waals surface area contributed by atoms with Gasteiger partial charge in [-0.25, -0.2) is 8.42 Å². The van der Waals surface area contributed by atoms with Crippen LogP contribution in [0, 0.1) is 6.92 Å². The van der Waals surface area contributed by atoms with Gasteiger partial charge in [0.2, 0.25) is 0 Å². The first-order chi connectivity index (χ1) is 15.1. The molecule has 0 aromatic heterocycles. The van der Waals surface area contributed by atoms with Crippen LogP contribution in [-0.4, -0.2) is 28.5 Å². The number of sulfonamides is 1. The van der Waals surface area contributed by atoms with Gasteiger partial charge in [0, 0.05) is 24.0 Å². The third-order valence-electron chi connectivity index (χ3n) is 5.23. The lowest BCUT2D eigenvalue weighted by Crippen LogP contribution is -2.26. The molecular formula is C25H28N2O4S.